The predicted octanol–water partition coefficient (Wildman–Crippen LogP) is 1.20. The molecule has 1 aromatic rings. The maximum atomic E-state index is 8.95. The van der Waals surface area contributed by atoms with Crippen LogP contribution in [0.1, 0.15) is 17.2 Å². The van der Waals surface area contributed by atoms with Gasteiger partial charge in [0.05, 0.1) is 24.3 Å². The molecule has 3 N–H and O–H groups in total. The molecule has 5 heteroatoms. The van der Waals surface area contributed by atoms with Crippen LogP contribution in [-0.2, 0) is 11.3 Å². The smallest absolute Gasteiger partial charge is 0.189 e. The number of ether oxygens (including phenoxy) is 2. The second-order valence-corrected chi connectivity index (χ2v) is 3.80. The second kappa shape index (κ2) is 4.37. The van der Waals surface area contributed by atoms with E-state index >= 15 is 0 Å². The van der Waals surface area contributed by atoms with E-state index in [1.165, 1.54) is 0 Å². The summed E-state index contributed by atoms with van der Waals surface area (Å²) in [5.41, 5.74) is 7.36. The maximum absolute atomic E-state index is 8.95. The average molecular weight is 230 g/mol. The third-order valence-electron chi connectivity index (χ3n) is 2.31. The van der Waals surface area contributed by atoms with Crippen molar-refractivity contribution in [3.63, 3.8) is 0 Å². The first-order valence-corrected chi connectivity index (χ1v) is 4.99. The van der Waals surface area contributed by atoms with E-state index in [1.807, 2.05) is 6.07 Å². The van der Waals surface area contributed by atoms with Gasteiger partial charge in [-0.25, -0.2) is 0 Å². The molecule has 1 heterocycles. The fourth-order valence-electron chi connectivity index (χ4n) is 1.51. The number of halogens is 1. The van der Waals surface area contributed by atoms with Crippen LogP contribution < -0.4 is 10.5 Å². The fraction of sp³-hybridized carbons (Fsp3) is 0.400. The third kappa shape index (κ3) is 2.08. The topological polar surface area (TPSA) is 64.7 Å². The van der Waals surface area contributed by atoms with E-state index in [0.29, 0.717) is 17.4 Å². The number of aliphatic hydroxyl groups is 1. The summed E-state index contributed by atoms with van der Waals surface area (Å²) in [6, 6.07) is 3.14. The van der Waals surface area contributed by atoms with Crippen LogP contribution in [-0.4, -0.2) is 18.5 Å². The quantitative estimate of drug-likeness (QED) is 0.800. The zero-order valence-corrected chi connectivity index (χ0v) is 8.83. The Morgan fingerprint density at radius 3 is 3.07 bits per heavy atom. The number of hydrogen-bond donors (Lipinski definition) is 2. The Kier molecular flexibility index (Phi) is 3.11. The lowest BCUT2D eigenvalue weighted by Crippen LogP contribution is -2.17. The molecule has 4 nitrogen and oxygen atoms in total. The SMILES string of the molecule is NC(CO)c1cc(Cl)c2c(c1)COCO2. The normalized spacial score (nSPS) is 16.7. The minimum absolute atomic E-state index is 0.114. The highest BCUT2D eigenvalue weighted by atomic mass is 35.5. The van der Waals surface area contributed by atoms with Gasteiger partial charge in [-0.2, -0.15) is 0 Å². The van der Waals surface area contributed by atoms with E-state index in [1.54, 1.807) is 6.07 Å². The Bertz CT molecular complexity index is 370. The maximum Gasteiger partial charge on any atom is 0.189 e. The summed E-state index contributed by atoms with van der Waals surface area (Å²) < 4.78 is 10.4. The van der Waals surface area contributed by atoms with Crippen LogP contribution >= 0.6 is 11.6 Å². The van der Waals surface area contributed by atoms with Crippen LogP contribution in [0.4, 0.5) is 0 Å². The van der Waals surface area contributed by atoms with Gasteiger partial charge in [-0.05, 0) is 17.7 Å². The van der Waals surface area contributed by atoms with Gasteiger partial charge in [0.2, 0.25) is 0 Å². The van der Waals surface area contributed by atoms with Gasteiger partial charge in [0, 0.05) is 5.56 Å². The molecule has 15 heavy (non-hydrogen) atoms. The summed E-state index contributed by atoms with van der Waals surface area (Å²) in [7, 11) is 0. The highest BCUT2D eigenvalue weighted by Crippen LogP contribution is 2.34. The molecule has 82 valence electrons. The molecular formula is C10H12ClNO3. The van der Waals surface area contributed by atoms with Crippen molar-refractivity contribution >= 4 is 11.6 Å². The van der Waals surface area contributed by atoms with Crippen molar-refractivity contribution in [1.82, 2.24) is 0 Å². The lowest BCUT2D eigenvalue weighted by Gasteiger charge is -2.21. The van der Waals surface area contributed by atoms with Crippen LogP contribution in [0, 0.1) is 0 Å². The van der Waals surface area contributed by atoms with Crippen LogP contribution in [0.25, 0.3) is 0 Å². The Balaban J connectivity index is 2.40. The molecule has 1 aromatic carbocycles. The molecule has 0 radical (unpaired) electrons. The van der Waals surface area contributed by atoms with Crippen LogP contribution in [0.3, 0.4) is 0 Å². The number of fused-ring (bicyclic) bond motifs is 1. The molecule has 0 amide bonds. The summed E-state index contributed by atoms with van der Waals surface area (Å²) in [4.78, 5) is 0. The van der Waals surface area contributed by atoms with Gasteiger partial charge in [0.25, 0.3) is 0 Å². The molecule has 1 aliphatic heterocycles. The van der Waals surface area contributed by atoms with E-state index in [0.717, 1.165) is 11.1 Å². The van der Waals surface area contributed by atoms with Crippen LogP contribution in [0.2, 0.25) is 5.02 Å². The Morgan fingerprint density at radius 1 is 1.53 bits per heavy atom. The third-order valence-corrected chi connectivity index (χ3v) is 2.59. The first kappa shape index (κ1) is 10.7. The second-order valence-electron chi connectivity index (χ2n) is 3.39. The van der Waals surface area contributed by atoms with Crippen molar-refractivity contribution in [3.05, 3.63) is 28.3 Å². The summed E-state index contributed by atoms with van der Waals surface area (Å²) >= 11 is 6.03. The summed E-state index contributed by atoms with van der Waals surface area (Å²) in [6.45, 7) is 0.565. The molecular weight excluding hydrogens is 218 g/mol. The van der Waals surface area contributed by atoms with Crippen molar-refractivity contribution in [2.24, 2.45) is 5.73 Å². The first-order valence-electron chi connectivity index (χ1n) is 4.61. The standard InChI is InChI=1S/C10H12ClNO3/c11-8-2-6(9(12)3-13)1-7-4-14-5-15-10(7)8/h1-2,9,13H,3-5,12H2. The van der Waals surface area contributed by atoms with Crippen molar-refractivity contribution in [3.8, 4) is 5.75 Å². The molecule has 2 rings (SSSR count). The van der Waals surface area contributed by atoms with Gasteiger partial charge in [0.15, 0.2) is 6.79 Å². The molecule has 1 aliphatic rings. The Morgan fingerprint density at radius 2 is 2.33 bits per heavy atom. The zero-order valence-electron chi connectivity index (χ0n) is 8.07. The van der Waals surface area contributed by atoms with E-state index in [9.17, 15) is 0 Å². The van der Waals surface area contributed by atoms with Crippen molar-refractivity contribution in [2.75, 3.05) is 13.4 Å². The molecule has 0 fully saturated rings. The highest BCUT2D eigenvalue weighted by Gasteiger charge is 2.17. The van der Waals surface area contributed by atoms with Gasteiger partial charge in [-0.1, -0.05) is 11.6 Å². The Hall–Kier alpha value is -0.810. The lowest BCUT2D eigenvalue weighted by atomic mass is 10.0. The van der Waals surface area contributed by atoms with Crippen molar-refractivity contribution in [1.29, 1.82) is 0 Å². The van der Waals surface area contributed by atoms with E-state index in [4.69, 9.17) is 31.9 Å². The number of aliphatic hydroxyl groups excluding tert-OH is 1. The van der Waals surface area contributed by atoms with Gasteiger partial charge < -0.3 is 20.3 Å². The molecule has 0 aromatic heterocycles. The number of benzene rings is 1. The lowest BCUT2D eigenvalue weighted by molar-refractivity contribution is -0.0163. The minimum Gasteiger partial charge on any atom is -0.466 e. The molecule has 0 saturated carbocycles. The monoisotopic (exact) mass is 229 g/mol. The van der Waals surface area contributed by atoms with Gasteiger partial charge >= 0.3 is 0 Å². The Labute approximate surface area is 92.5 Å². The molecule has 0 aliphatic carbocycles. The van der Waals surface area contributed by atoms with E-state index in [-0.39, 0.29) is 13.4 Å². The van der Waals surface area contributed by atoms with Crippen molar-refractivity contribution in [2.45, 2.75) is 12.6 Å². The minimum atomic E-state index is -0.422. The summed E-state index contributed by atoms with van der Waals surface area (Å²) in [6.07, 6.45) is 0. The van der Waals surface area contributed by atoms with Crippen molar-refractivity contribution < 1.29 is 14.6 Å². The molecule has 0 bridgehead atoms. The largest absolute Gasteiger partial charge is 0.466 e. The van der Waals surface area contributed by atoms with Gasteiger partial charge in [0.1, 0.15) is 5.75 Å². The number of rotatable bonds is 2. The molecule has 1 atom stereocenters. The molecule has 1 unspecified atom stereocenters. The zero-order chi connectivity index (χ0) is 10.8. The first-order chi connectivity index (χ1) is 7.22. The highest BCUT2D eigenvalue weighted by molar-refractivity contribution is 6.32. The van der Waals surface area contributed by atoms with Crippen LogP contribution in [0.15, 0.2) is 12.1 Å². The van der Waals surface area contributed by atoms with Crippen LogP contribution in [0.5, 0.6) is 5.75 Å². The number of nitrogens with two attached hydrogens (primary N) is 1. The average Bonchev–Trinajstić information content (AvgIpc) is 2.28. The predicted molar refractivity (Wildman–Crippen MR) is 55.8 cm³/mol. The van der Waals surface area contributed by atoms with E-state index in [2.05, 4.69) is 0 Å². The van der Waals surface area contributed by atoms with Gasteiger partial charge in [-0.15, -0.1) is 0 Å². The molecule has 0 spiro atoms. The summed E-state index contributed by atoms with van der Waals surface area (Å²) in [5, 5.41) is 9.46. The molecule has 0 saturated heterocycles. The fourth-order valence-corrected chi connectivity index (χ4v) is 1.82. The van der Waals surface area contributed by atoms with E-state index < -0.39 is 6.04 Å². The summed E-state index contributed by atoms with van der Waals surface area (Å²) in [5.74, 6) is 0.650. The number of hydrogen-bond acceptors (Lipinski definition) is 4. The van der Waals surface area contributed by atoms with Gasteiger partial charge in [-0.3, -0.25) is 0 Å².